The van der Waals surface area contributed by atoms with Crippen LogP contribution >= 0.6 is 11.6 Å². The van der Waals surface area contributed by atoms with E-state index in [9.17, 15) is 18.0 Å². The molecule has 158 valence electrons. The van der Waals surface area contributed by atoms with E-state index < -0.39 is 18.3 Å². The van der Waals surface area contributed by atoms with Crippen LogP contribution in [0.25, 0.3) is 0 Å². The van der Waals surface area contributed by atoms with Crippen molar-refractivity contribution in [3.63, 3.8) is 0 Å². The third kappa shape index (κ3) is 6.33. The van der Waals surface area contributed by atoms with Gasteiger partial charge in [-0.2, -0.15) is 18.3 Å². The Balaban J connectivity index is 1.58. The first-order valence-corrected chi connectivity index (χ1v) is 9.45. The van der Waals surface area contributed by atoms with Gasteiger partial charge in [-0.05, 0) is 16.7 Å². The molecule has 0 saturated carbocycles. The van der Waals surface area contributed by atoms with Gasteiger partial charge in [0, 0.05) is 6.54 Å². The normalized spacial score (nSPS) is 11.5. The van der Waals surface area contributed by atoms with Crippen LogP contribution in [0.2, 0.25) is 5.02 Å². The van der Waals surface area contributed by atoms with Gasteiger partial charge in [-0.3, -0.25) is 4.79 Å². The minimum atomic E-state index is -4.34. The second kappa shape index (κ2) is 9.77. The molecule has 0 aliphatic carbocycles. The number of rotatable bonds is 8. The molecule has 0 spiro atoms. The highest BCUT2D eigenvalue weighted by Gasteiger charge is 2.27. The first-order valence-electron chi connectivity index (χ1n) is 9.07. The van der Waals surface area contributed by atoms with Crippen LogP contribution in [0, 0.1) is 0 Å². The Morgan fingerprint density at radius 1 is 1.00 bits per heavy atom. The molecule has 1 N–H and O–H groups in total. The molecule has 0 fully saturated rings. The predicted molar refractivity (Wildman–Crippen MR) is 109 cm³/mol. The summed E-state index contributed by atoms with van der Waals surface area (Å²) in [7, 11) is 0. The minimum absolute atomic E-state index is 0.0399. The predicted octanol–water partition coefficient (Wildman–Crippen LogP) is 4.64. The number of anilines is 1. The molecule has 3 rings (SSSR count). The summed E-state index contributed by atoms with van der Waals surface area (Å²) < 4.78 is 42.2. The fraction of sp³-hybridized carbons (Fsp3) is 0.238. The molecular weight excluding hydrogens is 419 g/mol. The van der Waals surface area contributed by atoms with Gasteiger partial charge in [0.25, 0.3) is 5.56 Å². The van der Waals surface area contributed by atoms with Crippen LogP contribution in [-0.2, 0) is 24.4 Å². The Bertz CT molecular complexity index is 1020. The highest BCUT2D eigenvalue weighted by Crippen LogP contribution is 2.18. The molecule has 5 nitrogen and oxygen atoms in total. The molecule has 2 aromatic carbocycles. The topological polar surface area (TPSA) is 56.1 Å². The zero-order valence-corrected chi connectivity index (χ0v) is 16.6. The highest BCUT2D eigenvalue weighted by molar-refractivity contribution is 6.32. The maximum atomic E-state index is 12.5. The number of alkyl halides is 3. The lowest BCUT2D eigenvalue weighted by Crippen LogP contribution is -2.24. The molecule has 3 aromatic rings. The fourth-order valence-electron chi connectivity index (χ4n) is 2.69. The molecule has 0 aliphatic rings. The van der Waals surface area contributed by atoms with E-state index in [1.807, 2.05) is 30.3 Å². The molecular formula is C21H19ClF3N3O2. The number of aromatic nitrogens is 2. The van der Waals surface area contributed by atoms with Crippen LogP contribution in [0.3, 0.4) is 0 Å². The van der Waals surface area contributed by atoms with E-state index in [0.717, 1.165) is 11.1 Å². The zero-order chi connectivity index (χ0) is 21.6. The molecule has 9 heteroatoms. The molecule has 30 heavy (non-hydrogen) atoms. The summed E-state index contributed by atoms with van der Waals surface area (Å²) in [5.74, 6) is 0. The molecule has 0 aliphatic heterocycles. The van der Waals surface area contributed by atoms with Crippen LogP contribution in [-0.4, -0.2) is 22.6 Å². The lowest BCUT2D eigenvalue weighted by molar-refractivity contribution is -0.176. The van der Waals surface area contributed by atoms with Crippen molar-refractivity contribution in [1.82, 2.24) is 9.78 Å². The van der Waals surface area contributed by atoms with Crippen LogP contribution in [0.1, 0.15) is 16.7 Å². The van der Waals surface area contributed by atoms with Gasteiger partial charge in [-0.25, -0.2) is 4.68 Å². The molecule has 0 atom stereocenters. The van der Waals surface area contributed by atoms with Crippen LogP contribution in [0.15, 0.2) is 65.6 Å². The SMILES string of the molecule is O=c1c(Cl)c(NCc2ccc(COCC(F)(F)F)cc2)cnn1Cc1ccccc1. The van der Waals surface area contributed by atoms with Crippen LogP contribution < -0.4 is 10.9 Å². The number of nitrogens with one attached hydrogen (secondary N) is 1. The average Bonchev–Trinajstić information content (AvgIpc) is 2.72. The van der Waals surface area contributed by atoms with Crippen molar-refractivity contribution < 1.29 is 17.9 Å². The van der Waals surface area contributed by atoms with E-state index in [-0.39, 0.29) is 11.6 Å². The van der Waals surface area contributed by atoms with E-state index in [1.54, 1.807) is 24.3 Å². The molecule has 0 radical (unpaired) electrons. The largest absolute Gasteiger partial charge is 0.411 e. The molecule has 1 heterocycles. The van der Waals surface area contributed by atoms with Crippen molar-refractivity contribution in [2.45, 2.75) is 25.9 Å². The van der Waals surface area contributed by atoms with Gasteiger partial charge in [0.15, 0.2) is 0 Å². The van der Waals surface area contributed by atoms with E-state index >= 15 is 0 Å². The molecule has 0 unspecified atom stereocenters. The van der Waals surface area contributed by atoms with Crippen molar-refractivity contribution in [2.24, 2.45) is 0 Å². The van der Waals surface area contributed by atoms with Gasteiger partial charge in [0.05, 0.1) is 25.0 Å². The Hall–Kier alpha value is -2.84. The number of hydrogen-bond acceptors (Lipinski definition) is 4. The summed E-state index contributed by atoms with van der Waals surface area (Å²) in [6.45, 7) is -0.717. The maximum Gasteiger partial charge on any atom is 0.411 e. The maximum absolute atomic E-state index is 12.5. The molecule has 0 bridgehead atoms. The second-order valence-electron chi connectivity index (χ2n) is 6.60. The zero-order valence-electron chi connectivity index (χ0n) is 15.8. The van der Waals surface area contributed by atoms with Crippen LogP contribution in [0.4, 0.5) is 18.9 Å². The lowest BCUT2D eigenvalue weighted by atomic mass is 10.1. The van der Waals surface area contributed by atoms with Gasteiger partial charge in [0.1, 0.15) is 11.6 Å². The average molecular weight is 438 g/mol. The number of benzene rings is 2. The van der Waals surface area contributed by atoms with E-state index in [0.29, 0.717) is 24.3 Å². The lowest BCUT2D eigenvalue weighted by Gasteiger charge is -2.11. The molecule has 0 saturated heterocycles. The van der Waals surface area contributed by atoms with Crippen molar-refractivity contribution in [3.8, 4) is 0 Å². The van der Waals surface area contributed by atoms with Crippen molar-refractivity contribution in [3.05, 3.63) is 92.9 Å². The first kappa shape index (κ1) is 21.9. The highest BCUT2D eigenvalue weighted by atomic mass is 35.5. The Labute approximate surface area is 176 Å². The third-order valence-corrected chi connectivity index (χ3v) is 4.57. The van der Waals surface area contributed by atoms with Gasteiger partial charge in [-0.1, -0.05) is 66.2 Å². The summed E-state index contributed by atoms with van der Waals surface area (Å²) in [6.07, 6.45) is -2.85. The summed E-state index contributed by atoms with van der Waals surface area (Å²) in [6, 6.07) is 16.3. The van der Waals surface area contributed by atoms with E-state index in [4.69, 9.17) is 11.6 Å². The monoisotopic (exact) mass is 437 g/mol. The summed E-state index contributed by atoms with van der Waals surface area (Å²) >= 11 is 6.21. The van der Waals surface area contributed by atoms with E-state index in [2.05, 4.69) is 15.2 Å². The smallest absolute Gasteiger partial charge is 0.378 e. The number of hydrogen-bond donors (Lipinski definition) is 1. The summed E-state index contributed by atoms with van der Waals surface area (Å²) in [5.41, 5.74) is 2.43. The van der Waals surface area contributed by atoms with Crippen LogP contribution in [0.5, 0.6) is 0 Å². The number of nitrogens with zero attached hydrogens (tertiary/aromatic N) is 2. The standard InChI is InChI=1S/C21H19ClF3N3O2/c22-19-18(11-27-28(20(19)29)12-16-4-2-1-3-5-16)26-10-15-6-8-17(9-7-15)13-30-14-21(23,24)25/h1-9,11,26H,10,12-14H2. The summed E-state index contributed by atoms with van der Waals surface area (Å²) in [5, 5.41) is 7.26. The van der Waals surface area contributed by atoms with Crippen molar-refractivity contribution >= 4 is 17.3 Å². The van der Waals surface area contributed by atoms with Gasteiger partial charge < -0.3 is 10.1 Å². The van der Waals surface area contributed by atoms with Gasteiger partial charge in [0.2, 0.25) is 0 Å². The van der Waals surface area contributed by atoms with Crippen molar-refractivity contribution in [2.75, 3.05) is 11.9 Å². The number of halogens is 4. The van der Waals surface area contributed by atoms with Gasteiger partial charge in [-0.15, -0.1) is 0 Å². The Morgan fingerprint density at radius 2 is 1.67 bits per heavy atom. The van der Waals surface area contributed by atoms with Crippen molar-refractivity contribution in [1.29, 1.82) is 0 Å². The fourth-order valence-corrected chi connectivity index (χ4v) is 2.91. The summed E-state index contributed by atoms with van der Waals surface area (Å²) in [4.78, 5) is 12.5. The molecule has 0 amide bonds. The second-order valence-corrected chi connectivity index (χ2v) is 6.98. The third-order valence-electron chi connectivity index (χ3n) is 4.20. The minimum Gasteiger partial charge on any atom is -0.378 e. The quantitative estimate of drug-likeness (QED) is 0.558. The first-order chi connectivity index (χ1) is 14.3. The Kier molecular flexibility index (Phi) is 7.12. The Morgan fingerprint density at radius 3 is 2.33 bits per heavy atom. The van der Waals surface area contributed by atoms with Gasteiger partial charge >= 0.3 is 6.18 Å². The molecule has 1 aromatic heterocycles. The van der Waals surface area contributed by atoms with E-state index in [1.165, 1.54) is 10.9 Å². The number of ether oxygens (including phenoxy) is 1.